The van der Waals surface area contributed by atoms with Crippen LogP contribution in [0.15, 0.2) is 10.7 Å². The number of hydrogen-bond donors (Lipinski definition) is 1. The van der Waals surface area contributed by atoms with Crippen molar-refractivity contribution in [2.24, 2.45) is 5.73 Å². The molecule has 0 aliphatic rings. The van der Waals surface area contributed by atoms with E-state index in [4.69, 9.17) is 5.73 Å². The molecule has 0 unspecified atom stereocenters. The summed E-state index contributed by atoms with van der Waals surface area (Å²) in [6.07, 6.45) is 1.74. The van der Waals surface area contributed by atoms with Gasteiger partial charge in [-0.1, -0.05) is 0 Å². The highest BCUT2D eigenvalue weighted by Gasteiger charge is 2.03. The number of hydrogen-bond acceptors (Lipinski definition) is 4. The first-order chi connectivity index (χ1) is 4.09. The molecule has 0 fully saturated rings. The summed E-state index contributed by atoms with van der Waals surface area (Å²) in [6, 6.07) is 0. The topological polar surface area (TPSA) is 69.2 Å². The van der Waals surface area contributed by atoms with Gasteiger partial charge in [-0.2, -0.15) is 0 Å². The first-order valence-corrected chi connectivity index (χ1v) is 3.46. The molecule has 0 bridgehead atoms. The lowest BCUT2D eigenvalue weighted by molar-refractivity contribution is -0.427. The molecule has 0 radical (unpaired) electrons. The maximum absolute atomic E-state index is 9.91. The second-order valence-electron chi connectivity index (χ2n) is 1.40. The van der Waals surface area contributed by atoms with E-state index in [0.29, 0.717) is 4.91 Å². The fourth-order valence-corrected chi connectivity index (χ4v) is 0.517. The molecular weight excluding hydrogens is 140 g/mol. The highest BCUT2D eigenvalue weighted by atomic mass is 32.2. The third-order valence-corrected chi connectivity index (χ3v) is 1.69. The van der Waals surface area contributed by atoms with E-state index >= 15 is 0 Å². The first kappa shape index (κ1) is 8.29. The first-order valence-electron chi connectivity index (χ1n) is 2.24. The minimum Gasteiger partial charge on any atom is -0.358 e. The van der Waals surface area contributed by atoms with Crippen LogP contribution in [0.25, 0.3) is 0 Å². The van der Waals surface area contributed by atoms with Crippen LogP contribution in [0.1, 0.15) is 6.92 Å². The molecule has 0 saturated carbocycles. The average Bonchev–Trinajstić information content (AvgIpc) is 1.84. The van der Waals surface area contributed by atoms with Crippen LogP contribution in [-0.2, 0) is 0 Å². The molecular formula is C4H8N2O2S. The van der Waals surface area contributed by atoms with E-state index in [9.17, 15) is 10.1 Å². The molecule has 4 nitrogen and oxygen atoms in total. The smallest absolute Gasteiger partial charge is 0.323 e. The van der Waals surface area contributed by atoms with Gasteiger partial charge in [0.15, 0.2) is 0 Å². The lowest BCUT2D eigenvalue weighted by Crippen LogP contribution is -2.09. The van der Waals surface area contributed by atoms with Gasteiger partial charge in [0.1, 0.15) is 0 Å². The van der Waals surface area contributed by atoms with E-state index in [1.807, 2.05) is 0 Å². The SMILES string of the molecule is CS/C(C)=C(/N)[N+](=O)[O-]. The van der Waals surface area contributed by atoms with Gasteiger partial charge in [0.05, 0.1) is 4.91 Å². The summed E-state index contributed by atoms with van der Waals surface area (Å²) in [4.78, 5) is 9.86. The van der Waals surface area contributed by atoms with Crippen molar-refractivity contribution in [1.82, 2.24) is 0 Å². The number of nitrogens with two attached hydrogens (primary N) is 1. The summed E-state index contributed by atoms with van der Waals surface area (Å²) in [5.74, 6) is -0.262. The molecule has 0 aliphatic heterocycles. The van der Waals surface area contributed by atoms with Crippen molar-refractivity contribution in [1.29, 1.82) is 0 Å². The van der Waals surface area contributed by atoms with Gasteiger partial charge in [0.2, 0.25) is 0 Å². The Morgan fingerprint density at radius 1 is 1.78 bits per heavy atom. The Labute approximate surface area is 57.3 Å². The van der Waals surface area contributed by atoms with E-state index in [0.717, 1.165) is 0 Å². The largest absolute Gasteiger partial charge is 0.358 e. The zero-order valence-electron chi connectivity index (χ0n) is 5.25. The third kappa shape index (κ3) is 2.36. The van der Waals surface area contributed by atoms with Crippen molar-refractivity contribution < 1.29 is 4.92 Å². The highest BCUT2D eigenvalue weighted by molar-refractivity contribution is 8.02. The van der Waals surface area contributed by atoms with Crippen molar-refractivity contribution in [3.05, 3.63) is 20.8 Å². The second-order valence-corrected chi connectivity index (χ2v) is 2.42. The predicted octanol–water partition coefficient (Wildman–Crippen LogP) is 0.774. The van der Waals surface area contributed by atoms with Gasteiger partial charge < -0.3 is 10.1 Å². The van der Waals surface area contributed by atoms with Gasteiger partial charge in [0.25, 0.3) is 0 Å². The van der Waals surface area contributed by atoms with E-state index < -0.39 is 4.92 Å². The second kappa shape index (κ2) is 3.34. The fourth-order valence-electron chi connectivity index (χ4n) is 0.233. The molecule has 9 heavy (non-hydrogen) atoms. The lowest BCUT2D eigenvalue weighted by Gasteiger charge is -1.95. The Balaban J connectivity index is 4.28. The van der Waals surface area contributed by atoms with Crippen molar-refractivity contribution >= 4 is 11.8 Å². The third-order valence-electron chi connectivity index (χ3n) is 0.864. The van der Waals surface area contributed by atoms with Crippen LogP contribution in [0, 0.1) is 10.1 Å². The van der Waals surface area contributed by atoms with Gasteiger partial charge >= 0.3 is 5.82 Å². The van der Waals surface area contributed by atoms with Crippen molar-refractivity contribution in [2.75, 3.05) is 6.26 Å². The Morgan fingerprint density at radius 2 is 2.22 bits per heavy atom. The Kier molecular flexibility index (Phi) is 3.08. The minimum absolute atomic E-state index is 0.262. The van der Waals surface area contributed by atoms with Crippen molar-refractivity contribution in [3.63, 3.8) is 0 Å². The van der Waals surface area contributed by atoms with E-state index in [-0.39, 0.29) is 5.82 Å². The predicted molar refractivity (Wildman–Crippen MR) is 37.4 cm³/mol. The van der Waals surface area contributed by atoms with Crippen LogP contribution < -0.4 is 5.73 Å². The van der Waals surface area contributed by atoms with Crippen LogP contribution in [0.5, 0.6) is 0 Å². The summed E-state index contributed by atoms with van der Waals surface area (Å²) < 4.78 is 0. The summed E-state index contributed by atoms with van der Waals surface area (Å²) in [6.45, 7) is 1.61. The quantitative estimate of drug-likeness (QED) is 0.464. The number of allylic oxidation sites excluding steroid dienone is 1. The number of nitro groups is 1. The van der Waals surface area contributed by atoms with Crippen molar-refractivity contribution in [2.45, 2.75) is 6.92 Å². The molecule has 0 atom stereocenters. The van der Waals surface area contributed by atoms with Gasteiger partial charge in [-0.3, -0.25) is 5.73 Å². The van der Waals surface area contributed by atoms with E-state index in [1.165, 1.54) is 11.8 Å². The molecule has 0 aromatic heterocycles. The van der Waals surface area contributed by atoms with E-state index in [2.05, 4.69) is 0 Å². The maximum Gasteiger partial charge on any atom is 0.323 e. The van der Waals surface area contributed by atoms with Gasteiger partial charge in [0, 0.05) is 0 Å². The van der Waals surface area contributed by atoms with Crippen molar-refractivity contribution in [3.8, 4) is 0 Å². The van der Waals surface area contributed by atoms with Crippen LogP contribution in [0.3, 0.4) is 0 Å². The number of thioether (sulfide) groups is 1. The molecule has 5 heteroatoms. The van der Waals surface area contributed by atoms with Gasteiger partial charge in [-0.25, -0.2) is 0 Å². The molecule has 0 amide bonds. The minimum atomic E-state index is -0.591. The Morgan fingerprint density at radius 3 is 2.33 bits per heavy atom. The Bertz CT molecular complexity index is 155. The van der Waals surface area contributed by atoms with Gasteiger partial charge in [-0.15, -0.1) is 11.8 Å². The molecule has 0 saturated heterocycles. The molecule has 0 spiro atoms. The standard InChI is InChI=1S/C4H8N2O2S/c1-3(9-2)4(5)6(7)8/h5H2,1-2H3/b4-3-. The van der Waals surface area contributed by atoms with E-state index in [1.54, 1.807) is 13.2 Å². The molecule has 0 aromatic carbocycles. The molecule has 0 heterocycles. The normalized spacial score (nSPS) is 12.7. The molecule has 0 aromatic rings. The average molecular weight is 148 g/mol. The van der Waals surface area contributed by atoms with Crippen LogP contribution >= 0.6 is 11.8 Å². The summed E-state index contributed by atoms with van der Waals surface area (Å²) >= 11 is 1.27. The molecule has 0 rings (SSSR count). The highest BCUT2D eigenvalue weighted by Crippen LogP contribution is 2.11. The van der Waals surface area contributed by atoms with Crippen LogP contribution in [0.4, 0.5) is 0 Å². The lowest BCUT2D eigenvalue weighted by atomic mass is 10.6. The Hall–Kier alpha value is -0.710. The summed E-state index contributed by atoms with van der Waals surface area (Å²) in [5.41, 5.74) is 5.03. The van der Waals surface area contributed by atoms with Crippen LogP contribution in [-0.4, -0.2) is 11.2 Å². The van der Waals surface area contributed by atoms with Crippen LogP contribution in [0.2, 0.25) is 0 Å². The monoisotopic (exact) mass is 148 g/mol. The van der Waals surface area contributed by atoms with Gasteiger partial charge in [-0.05, 0) is 18.1 Å². The summed E-state index contributed by atoms with van der Waals surface area (Å²) in [7, 11) is 0. The fraction of sp³-hybridized carbons (Fsp3) is 0.500. The molecule has 0 aliphatic carbocycles. The zero-order chi connectivity index (χ0) is 7.44. The zero-order valence-corrected chi connectivity index (χ0v) is 6.07. The number of rotatable bonds is 2. The number of nitrogens with zero attached hydrogens (tertiary/aromatic N) is 1. The molecule has 2 N–H and O–H groups in total. The summed E-state index contributed by atoms with van der Waals surface area (Å²) in [5, 5.41) is 9.91. The maximum atomic E-state index is 9.91. The molecule has 52 valence electrons.